The van der Waals surface area contributed by atoms with Crippen LogP contribution in [0.3, 0.4) is 0 Å². The second-order valence-corrected chi connectivity index (χ2v) is 9.41. The molecule has 4 rings (SSSR count). The fourth-order valence-electron chi connectivity index (χ4n) is 5.15. The Kier molecular flexibility index (Phi) is 7.89. The predicted molar refractivity (Wildman–Crippen MR) is 141 cm³/mol. The summed E-state index contributed by atoms with van der Waals surface area (Å²) in [5.74, 6) is 0.944. The third-order valence-corrected chi connectivity index (χ3v) is 6.70. The second kappa shape index (κ2) is 11.1. The Morgan fingerprint density at radius 1 is 1.03 bits per heavy atom. The molecule has 1 aromatic heterocycles. The molecule has 1 atom stereocenters. The molecule has 0 radical (unpaired) electrons. The first-order valence-corrected chi connectivity index (χ1v) is 12.8. The molecule has 4 heteroatoms. The molecule has 0 bridgehead atoms. The first-order valence-electron chi connectivity index (χ1n) is 12.8. The average molecular weight is 459 g/mol. The maximum Gasteiger partial charge on any atom is 0.128 e. The predicted octanol–water partition coefficient (Wildman–Crippen LogP) is 6.68. The number of nitrogens with zero attached hydrogens (tertiary/aromatic N) is 1. The monoisotopic (exact) mass is 458 g/mol. The first kappa shape index (κ1) is 24.3. The van der Waals surface area contributed by atoms with Gasteiger partial charge in [0.1, 0.15) is 5.75 Å². The minimum atomic E-state index is 0.0793. The number of aromatic nitrogens is 1. The average Bonchev–Trinajstić information content (AvgIpc) is 2.84. The molecule has 0 amide bonds. The number of aliphatic hydroxyl groups is 1. The van der Waals surface area contributed by atoms with Crippen molar-refractivity contribution in [3.8, 4) is 17.0 Å². The van der Waals surface area contributed by atoms with E-state index in [1.54, 1.807) is 0 Å². The summed E-state index contributed by atoms with van der Waals surface area (Å²) < 4.78 is 6.45. The van der Waals surface area contributed by atoms with Crippen molar-refractivity contribution in [2.24, 2.45) is 0 Å². The summed E-state index contributed by atoms with van der Waals surface area (Å²) in [6.07, 6.45) is 5.76. The van der Waals surface area contributed by atoms with Gasteiger partial charge in [0, 0.05) is 29.5 Å². The normalized spacial score (nSPS) is 15.3. The Labute approximate surface area is 204 Å². The lowest BCUT2D eigenvalue weighted by molar-refractivity contribution is 0.237. The van der Waals surface area contributed by atoms with E-state index in [-0.39, 0.29) is 18.8 Å². The standard InChI is InChI=1S/C30H38N2O2/c1-5-21-12-9-13-22(6-2)29(21)27-19-28(34-20(3)4)30-25(15-10-16-26(30)32-27)31-24-14-8-7-11-23(24)17-18-33/h7-9,11-14,19-20,25,31,33H,5-6,10,15-18H2,1-4H3. The number of benzene rings is 2. The van der Waals surface area contributed by atoms with Crippen molar-refractivity contribution in [3.05, 3.63) is 76.5 Å². The van der Waals surface area contributed by atoms with Crippen LogP contribution in [0.2, 0.25) is 0 Å². The molecule has 2 N–H and O–H groups in total. The summed E-state index contributed by atoms with van der Waals surface area (Å²) in [5, 5.41) is 13.3. The molecule has 2 aromatic carbocycles. The molecule has 1 aliphatic carbocycles. The molecule has 4 nitrogen and oxygen atoms in total. The Morgan fingerprint density at radius 3 is 2.41 bits per heavy atom. The van der Waals surface area contributed by atoms with Crippen LogP contribution in [-0.2, 0) is 25.7 Å². The third kappa shape index (κ3) is 5.12. The topological polar surface area (TPSA) is 54.4 Å². The number of hydrogen-bond acceptors (Lipinski definition) is 4. The van der Waals surface area contributed by atoms with Gasteiger partial charge in [0.2, 0.25) is 0 Å². The van der Waals surface area contributed by atoms with Crippen molar-refractivity contribution < 1.29 is 9.84 Å². The quantitative estimate of drug-likeness (QED) is 0.375. The molecule has 3 aromatic rings. The summed E-state index contributed by atoms with van der Waals surface area (Å²) in [7, 11) is 0. The van der Waals surface area contributed by atoms with E-state index in [0.717, 1.165) is 60.5 Å². The maximum absolute atomic E-state index is 9.52. The van der Waals surface area contributed by atoms with Crippen molar-refractivity contribution in [3.63, 3.8) is 0 Å². The Bertz CT molecular complexity index is 1100. The highest BCUT2D eigenvalue weighted by molar-refractivity contribution is 5.71. The highest BCUT2D eigenvalue weighted by Crippen LogP contribution is 2.41. The largest absolute Gasteiger partial charge is 0.490 e. The van der Waals surface area contributed by atoms with Gasteiger partial charge in [-0.1, -0.05) is 50.2 Å². The van der Waals surface area contributed by atoms with Gasteiger partial charge in [0.15, 0.2) is 0 Å². The molecular weight excluding hydrogens is 420 g/mol. The summed E-state index contributed by atoms with van der Waals surface area (Å²) in [6.45, 7) is 8.75. The van der Waals surface area contributed by atoms with Crippen LogP contribution in [0.15, 0.2) is 48.5 Å². The summed E-state index contributed by atoms with van der Waals surface area (Å²) in [4.78, 5) is 5.26. The zero-order chi connectivity index (χ0) is 24.1. The van der Waals surface area contributed by atoms with Gasteiger partial charge in [-0.05, 0) is 75.1 Å². The van der Waals surface area contributed by atoms with Crippen LogP contribution >= 0.6 is 0 Å². The number of pyridine rings is 1. The van der Waals surface area contributed by atoms with Crippen molar-refractivity contribution in [2.75, 3.05) is 11.9 Å². The van der Waals surface area contributed by atoms with Crippen LogP contribution in [0.4, 0.5) is 5.69 Å². The molecule has 180 valence electrons. The minimum Gasteiger partial charge on any atom is -0.490 e. The van der Waals surface area contributed by atoms with Crippen molar-refractivity contribution in [1.82, 2.24) is 4.98 Å². The van der Waals surface area contributed by atoms with E-state index in [9.17, 15) is 5.11 Å². The van der Waals surface area contributed by atoms with Gasteiger partial charge in [-0.2, -0.15) is 0 Å². The molecule has 0 spiro atoms. The molecule has 0 saturated carbocycles. The van der Waals surface area contributed by atoms with Gasteiger partial charge in [0.25, 0.3) is 0 Å². The van der Waals surface area contributed by atoms with Gasteiger partial charge in [-0.25, -0.2) is 0 Å². The highest BCUT2D eigenvalue weighted by Gasteiger charge is 2.28. The van der Waals surface area contributed by atoms with Crippen molar-refractivity contribution in [2.45, 2.75) is 78.4 Å². The van der Waals surface area contributed by atoms with Gasteiger partial charge < -0.3 is 15.2 Å². The van der Waals surface area contributed by atoms with Crippen LogP contribution in [-0.4, -0.2) is 22.8 Å². The number of ether oxygens (including phenoxy) is 1. The van der Waals surface area contributed by atoms with Crippen LogP contribution < -0.4 is 10.1 Å². The van der Waals surface area contributed by atoms with E-state index in [0.29, 0.717) is 6.42 Å². The maximum atomic E-state index is 9.52. The number of fused-ring (bicyclic) bond motifs is 1. The van der Waals surface area contributed by atoms with Crippen LogP contribution in [0.25, 0.3) is 11.3 Å². The molecular formula is C30H38N2O2. The fraction of sp³-hybridized carbons (Fsp3) is 0.433. The lowest BCUT2D eigenvalue weighted by atomic mass is 9.88. The minimum absolute atomic E-state index is 0.0793. The molecule has 1 unspecified atom stereocenters. The van der Waals surface area contributed by atoms with E-state index in [1.807, 2.05) is 12.1 Å². The third-order valence-electron chi connectivity index (χ3n) is 6.70. The van der Waals surface area contributed by atoms with Gasteiger partial charge in [0.05, 0.1) is 23.5 Å². The van der Waals surface area contributed by atoms with Crippen molar-refractivity contribution >= 4 is 5.69 Å². The molecule has 34 heavy (non-hydrogen) atoms. The van der Waals surface area contributed by atoms with Crippen LogP contribution in [0, 0.1) is 0 Å². The van der Waals surface area contributed by atoms with Crippen molar-refractivity contribution in [1.29, 1.82) is 0 Å². The molecule has 1 heterocycles. The summed E-state index contributed by atoms with van der Waals surface area (Å²) in [5.41, 5.74) is 9.53. The van der Waals surface area contributed by atoms with E-state index in [4.69, 9.17) is 9.72 Å². The van der Waals surface area contributed by atoms with E-state index in [2.05, 4.69) is 69.4 Å². The number of nitrogens with one attached hydrogen (secondary N) is 1. The Morgan fingerprint density at radius 2 is 1.74 bits per heavy atom. The number of anilines is 1. The second-order valence-electron chi connectivity index (χ2n) is 9.41. The Balaban J connectivity index is 1.82. The number of rotatable bonds is 9. The Hall–Kier alpha value is -2.85. The first-order chi connectivity index (χ1) is 16.5. The number of aryl methyl sites for hydroxylation is 3. The zero-order valence-electron chi connectivity index (χ0n) is 21.0. The van der Waals surface area contributed by atoms with Gasteiger partial charge in [-0.3, -0.25) is 4.98 Å². The highest BCUT2D eigenvalue weighted by atomic mass is 16.5. The summed E-state index contributed by atoms with van der Waals surface area (Å²) >= 11 is 0. The van der Waals surface area contributed by atoms with Gasteiger partial charge in [-0.15, -0.1) is 0 Å². The molecule has 0 fully saturated rings. The molecule has 0 aliphatic heterocycles. The van der Waals surface area contributed by atoms with Gasteiger partial charge >= 0.3 is 0 Å². The van der Waals surface area contributed by atoms with Crippen LogP contribution in [0.5, 0.6) is 5.75 Å². The number of para-hydroxylation sites is 1. The van der Waals surface area contributed by atoms with E-state index >= 15 is 0 Å². The zero-order valence-corrected chi connectivity index (χ0v) is 21.0. The molecule has 1 aliphatic rings. The van der Waals surface area contributed by atoms with Crippen LogP contribution in [0.1, 0.15) is 74.5 Å². The lowest BCUT2D eigenvalue weighted by Crippen LogP contribution is -2.22. The number of aliphatic hydroxyl groups excluding tert-OH is 1. The van der Waals surface area contributed by atoms with E-state index in [1.165, 1.54) is 22.3 Å². The smallest absolute Gasteiger partial charge is 0.128 e. The molecule has 0 saturated heterocycles. The number of hydrogen-bond donors (Lipinski definition) is 2. The fourth-order valence-corrected chi connectivity index (χ4v) is 5.15. The summed E-state index contributed by atoms with van der Waals surface area (Å²) in [6, 6.07) is 17.2. The SMILES string of the molecule is CCc1cccc(CC)c1-c1cc(OC(C)C)c2c(n1)CCCC2Nc1ccccc1CCO. The lowest BCUT2D eigenvalue weighted by Gasteiger charge is -2.31. The van der Waals surface area contributed by atoms with E-state index < -0.39 is 0 Å².